The first-order valence-electron chi connectivity index (χ1n) is 6.59. The molecule has 0 aliphatic rings. The van der Waals surface area contributed by atoms with E-state index in [1.165, 1.54) is 0 Å². The van der Waals surface area contributed by atoms with E-state index < -0.39 is 17.9 Å². The summed E-state index contributed by atoms with van der Waals surface area (Å²) in [6, 6.07) is 8.38. The zero-order valence-corrected chi connectivity index (χ0v) is 11.5. The molecule has 0 aliphatic carbocycles. The molecule has 0 bridgehead atoms. The van der Waals surface area contributed by atoms with Crippen molar-refractivity contribution in [1.29, 1.82) is 0 Å². The lowest BCUT2D eigenvalue weighted by atomic mass is 10.0. The van der Waals surface area contributed by atoms with Gasteiger partial charge >= 0.3 is 5.97 Å². The number of benzene rings is 1. The van der Waals surface area contributed by atoms with Gasteiger partial charge in [0.25, 0.3) is 5.91 Å². The fourth-order valence-electron chi connectivity index (χ4n) is 2.12. The van der Waals surface area contributed by atoms with Crippen LogP contribution >= 0.6 is 0 Å². The minimum Gasteiger partial charge on any atom is -0.480 e. The molecule has 106 valence electrons. The van der Waals surface area contributed by atoms with Crippen molar-refractivity contribution < 1.29 is 14.7 Å². The van der Waals surface area contributed by atoms with E-state index in [0.29, 0.717) is 12.1 Å². The molecule has 1 aromatic carbocycles. The van der Waals surface area contributed by atoms with Crippen LogP contribution in [0.15, 0.2) is 30.3 Å². The predicted octanol–water partition coefficient (Wildman–Crippen LogP) is 2.40. The van der Waals surface area contributed by atoms with Gasteiger partial charge in [-0.1, -0.05) is 32.0 Å². The molecule has 20 heavy (non-hydrogen) atoms. The second-order valence-electron chi connectivity index (χ2n) is 5.26. The fourth-order valence-corrected chi connectivity index (χ4v) is 2.12. The highest BCUT2D eigenvalue weighted by Crippen LogP contribution is 2.15. The number of para-hydroxylation sites is 1. The standard InChI is InChI=1S/C15H18N2O3/c1-9(2)7-13(15(19)20)17-14(18)12-8-10-5-3-4-6-11(10)16-12/h3-6,8-9,13,16H,7H2,1-2H3,(H,17,18)(H,19,20)/t13-/m0/s1. The molecule has 1 amide bonds. The average molecular weight is 274 g/mol. The number of carbonyl (C=O) groups excluding carboxylic acids is 1. The smallest absolute Gasteiger partial charge is 0.326 e. The number of hydrogen-bond acceptors (Lipinski definition) is 2. The van der Waals surface area contributed by atoms with Gasteiger partial charge in [0.2, 0.25) is 0 Å². The number of rotatable bonds is 5. The summed E-state index contributed by atoms with van der Waals surface area (Å²) in [7, 11) is 0. The lowest BCUT2D eigenvalue weighted by molar-refractivity contribution is -0.139. The van der Waals surface area contributed by atoms with Gasteiger partial charge in [0.15, 0.2) is 0 Å². The SMILES string of the molecule is CC(C)C[C@H](NC(=O)c1cc2ccccc2[nH]1)C(=O)O. The lowest BCUT2D eigenvalue weighted by Gasteiger charge is -2.15. The van der Waals surface area contributed by atoms with Crippen LogP contribution in [-0.4, -0.2) is 28.0 Å². The minimum atomic E-state index is -1.01. The summed E-state index contributed by atoms with van der Waals surface area (Å²) in [4.78, 5) is 26.2. The minimum absolute atomic E-state index is 0.194. The van der Waals surface area contributed by atoms with Crippen molar-refractivity contribution in [3.63, 3.8) is 0 Å². The molecule has 0 saturated carbocycles. The Bertz CT molecular complexity index is 598. The number of fused-ring (bicyclic) bond motifs is 1. The molecule has 5 nitrogen and oxygen atoms in total. The number of carbonyl (C=O) groups is 2. The van der Waals surface area contributed by atoms with E-state index in [0.717, 1.165) is 10.9 Å². The van der Waals surface area contributed by atoms with Gasteiger partial charge < -0.3 is 15.4 Å². The van der Waals surface area contributed by atoms with Gasteiger partial charge in [-0.05, 0) is 24.5 Å². The van der Waals surface area contributed by atoms with Crippen LogP contribution in [0.2, 0.25) is 0 Å². The van der Waals surface area contributed by atoms with Crippen LogP contribution in [0.4, 0.5) is 0 Å². The highest BCUT2D eigenvalue weighted by Gasteiger charge is 2.22. The fraction of sp³-hybridized carbons (Fsp3) is 0.333. The number of amides is 1. The van der Waals surface area contributed by atoms with Gasteiger partial charge in [-0.15, -0.1) is 0 Å². The van der Waals surface area contributed by atoms with Gasteiger partial charge in [0, 0.05) is 10.9 Å². The van der Waals surface area contributed by atoms with Crippen LogP contribution in [-0.2, 0) is 4.79 Å². The van der Waals surface area contributed by atoms with Crippen LogP contribution in [0.1, 0.15) is 30.8 Å². The first-order chi connectivity index (χ1) is 9.47. The van der Waals surface area contributed by atoms with Crippen molar-refractivity contribution >= 4 is 22.8 Å². The molecular weight excluding hydrogens is 256 g/mol. The largest absolute Gasteiger partial charge is 0.480 e. The molecule has 0 spiro atoms. The summed E-state index contributed by atoms with van der Waals surface area (Å²) in [5.74, 6) is -1.21. The van der Waals surface area contributed by atoms with E-state index in [2.05, 4.69) is 10.3 Å². The van der Waals surface area contributed by atoms with E-state index in [4.69, 9.17) is 5.11 Å². The maximum absolute atomic E-state index is 12.1. The third-order valence-electron chi connectivity index (χ3n) is 3.09. The number of aromatic amines is 1. The first-order valence-corrected chi connectivity index (χ1v) is 6.59. The van der Waals surface area contributed by atoms with E-state index in [1.807, 2.05) is 38.1 Å². The van der Waals surface area contributed by atoms with E-state index in [1.54, 1.807) is 6.07 Å². The van der Waals surface area contributed by atoms with Crippen molar-refractivity contribution in [2.45, 2.75) is 26.3 Å². The van der Waals surface area contributed by atoms with Gasteiger partial charge in [-0.3, -0.25) is 4.79 Å². The van der Waals surface area contributed by atoms with E-state index >= 15 is 0 Å². The zero-order chi connectivity index (χ0) is 14.7. The monoisotopic (exact) mass is 274 g/mol. The Morgan fingerprint density at radius 3 is 2.60 bits per heavy atom. The molecule has 1 atom stereocenters. The molecular formula is C15H18N2O3. The molecule has 5 heteroatoms. The molecule has 1 aromatic heterocycles. The molecule has 0 aliphatic heterocycles. The highest BCUT2D eigenvalue weighted by molar-refractivity contribution is 5.99. The van der Waals surface area contributed by atoms with Crippen LogP contribution in [0.5, 0.6) is 0 Å². The van der Waals surface area contributed by atoms with Crippen molar-refractivity contribution in [2.24, 2.45) is 5.92 Å². The molecule has 0 radical (unpaired) electrons. The Labute approximate surface area is 117 Å². The molecule has 1 heterocycles. The van der Waals surface area contributed by atoms with Crippen LogP contribution in [0, 0.1) is 5.92 Å². The highest BCUT2D eigenvalue weighted by atomic mass is 16.4. The third kappa shape index (κ3) is 3.17. The number of hydrogen-bond donors (Lipinski definition) is 3. The van der Waals surface area contributed by atoms with E-state index in [-0.39, 0.29) is 5.92 Å². The topological polar surface area (TPSA) is 82.2 Å². The molecule has 2 aromatic rings. The second-order valence-corrected chi connectivity index (χ2v) is 5.26. The Morgan fingerprint density at radius 2 is 2.00 bits per heavy atom. The van der Waals surface area contributed by atoms with Crippen molar-refractivity contribution in [3.8, 4) is 0 Å². The molecule has 0 fully saturated rings. The van der Waals surface area contributed by atoms with Gasteiger partial charge in [-0.2, -0.15) is 0 Å². The maximum atomic E-state index is 12.1. The quantitative estimate of drug-likeness (QED) is 0.783. The molecule has 0 saturated heterocycles. The van der Waals surface area contributed by atoms with Crippen LogP contribution in [0.3, 0.4) is 0 Å². The Hall–Kier alpha value is -2.30. The van der Waals surface area contributed by atoms with Crippen LogP contribution in [0.25, 0.3) is 10.9 Å². The van der Waals surface area contributed by atoms with Gasteiger partial charge in [0.05, 0.1) is 0 Å². The third-order valence-corrected chi connectivity index (χ3v) is 3.09. The Balaban J connectivity index is 2.15. The van der Waals surface area contributed by atoms with Gasteiger partial charge in [0.1, 0.15) is 11.7 Å². The van der Waals surface area contributed by atoms with Crippen molar-refractivity contribution in [3.05, 3.63) is 36.0 Å². The normalized spacial score (nSPS) is 12.6. The maximum Gasteiger partial charge on any atom is 0.326 e. The number of carboxylic acid groups (broad SMARTS) is 1. The molecule has 3 N–H and O–H groups in total. The number of aliphatic carboxylic acids is 1. The lowest BCUT2D eigenvalue weighted by Crippen LogP contribution is -2.41. The first kappa shape index (κ1) is 14.1. The average Bonchev–Trinajstić information content (AvgIpc) is 2.81. The number of carboxylic acids is 1. The van der Waals surface area contributed by atoms with Crippen molar-refractivity contribution in [1.82, 2.24) is 10.3 Å². The summed E-state index contributed by atoms with van der Waals surface area (Å²) in [6.07, 6.45) is 0.404. The summed E-state index contributed by atoms with van der Waals surface area (Å²) in [5, 5.41) is 12.6. The zero-order valence-electron chi connectivity index (χ0n) is 11.5. The summed E-state index contributed by atoms with van der Waals surface area (Å²) < 4.78 is 0. The number of H-pyrrole nitrogens is 1. The summed E-state index contributed by atoms with van der Waals surface area (Å²) >= 11 is 0. The summed E-state index contributed by atoms with van der Waals surface area (Å²) in [5.41, 5.74) is 1.23. The second kappa shape index (κ2) is 5.77. The Morgan fingerprint density at radius 1 is 1.30 bits per heavy atom. The summed E-state index contributed by atoms with van der Waals surface area (Å²) in [6.45, 7) is 3.84. The number of nitrogens with one attached hydrogen (secondary N) is 2. The number of aromatic nitrogens is 1. The van der Waals surface area contributed by atoms with E-state index in [9.17, 15) is 9.59 Å². The molecule has 2 rings (SSSR count). The van der Waals surface area contributed by atoms with Crippen LogP contribution < -0.4 is 5.32 Å². The van der Waals surface area contributed by atoms with Crippen molar-refractivity contribution in [2.75, 3.05) is 0 Å². The predicted molar refractivity (Wildman–Crippen MR) is 76.6 cm³/mol. The van der Waals surface area contributed by atoms with Gasteiger partial charge in [-0.25, -0.2) is 4.79 Å². The molecule has 0 unspecified atom stereocenters. The Kier molecular flexibility index (Phi) is 4.08.